The maximum atomic E-state index is 11.9. The number of aryl methyl sites for hydroxylation is 1. The Morgan fingerprint density at radius 1 is 1.09 bits per heavy atom. The van der Waals surface area contributed by atoms with Crippen molar-refractivity contribution in [3.63, 3.8) is 0 Å². The van der Waals surface area contributed by atoms with Crippen LogP contribution in [0.5, 0.6) is 11.5 Å². The van der Waals surface area contributed by atoms with Crippen LogP contribution in [0.1, 0.15) is 22.8 Å². The van der Waals surface area contributed by atoms with Gasteiger partial charge in [0.25, 0.3) is 5.91 Å². The Kier molecular flexibility index (Phi) is 4.78. The zero-order valence-corrected chi connectivity index (χ0v) is 12.4. The number of carboxylic acids is 1. The SMILES string of the molecule is Cc1ccccc1Oc1ccc(C(=O)NC(C)C(=O)O)cc1. The molecule has 1 amide bonds. The van der Waals surface area contributed by atoms with Gasteiger partial charge >= 0.3 is 5.97 Å². The molecule has 0 aliphatic carbocycles. The number of aliphatic carboxylic acids is 1. The van der Waals surface area contributed by atoms with E-state index < -0.39 is 17.9 Å². The maximum Gasteiger partial charge on any atom is 0.325 e. The highest BCUT2D eigenvalue weighted by Gasteiger charge is 2.15. The van der Waals surface area contributed by atoms with Gasteiger partial charge in [-0.2, -0.15) is 0 Å². The minimum absolute atomic E-state index is 0.380. The molecule has 0 heterocycles. The second-order valence-corrected chi connectivity index (χ2v) is 4.93. The van der Waals surface area contributed by atoms with Gasteiger partial charge in [-0.25, -0.2) is 0 Å². The predicted octanol–water partition coefficient (Wildman–Crippen LogP) is 2.99. The van der Waals surface area contributed by atoms with Gasteiger partial charge in [0.1, 0.15) is 17.5 Å². The molecule has 0 saturated carbocycles. The van der Waals surface area contributed by atoms with Crippen molar-refractivity contribution in [1.82, 2.24) is 5.32 Å². The topological polar surface area (TPSA) is 75.6 Å². The van der Waals surface area contributed by atoms with Crippen molar-refractivity contribution in [2.24, 2.45) is 0 Å². The number of nitrogens with one attached hydrogen (secondary N) is 1. The Balaban J connectivity index is 2.06. The lowest BCUT2D eigenvalue weighted by molar-refractivity contribution is -0.138. The lowest BCUT2D eigenvalue weighted by Crippen LogP contribution is -2.38. The minimum atomic E-state index is -1.08. The van der Waals surface area contributed by atoms with E-state index in [-0.39, 0.29) is 0 Å². The van der Waals surface area contributed by atoms with Gasteiger partial charge in [-0.05, 0) is 49.7 Å². The molecule has 2 N–H and O–H groups in total. The molecule has 0 aliphatic rings. The number of carbonyl (C=O) groups is 2. The third-order valence-electron chi connectivity index (χ3n) is 3.16. The van der Waals surface area contributed by atoms with Crippen LogP contribution >= 0.6 is 0 Å². The van der Waals surface area contributed by atoms with E-state index in [0.717, 1.165) is 11.3 Å². The van der Waals surface area contributed by atoms with Gasteiger partial charge in [-0.15, -0.1) is 0 Å². The summed E-state index contributed by atoms with van der Waals surface area (Å²) in [5.41, 5.74) is 1.39. The van der Waals surface area contributed by atoms with Gasteiger partial charge in [-0.1, -0.05) is 18.2 Å². The second kappa shape index (κ2) is 6.76. The smallest absolute Gasteiger partial charge is 0.325 e. The van der Waals surface area contributed by atoms with Gasteiger partial charge in [0.15, 0.2) is 0 Å². The van der Waals surface area contributed by atoms with Gasteiger partial charge in [0.2, 0.25) is 0 Å². The fourth-order valence-corrected chi connectivity index (χ4v) is 1.81. The van der Waals surface area contributed by atoms with E-state index in [1.165, 1.54) is 6.92 Å². The second-order valence-electron chi connectivity index (χ2n) is 4.93. The minimum Gasteiger partial charge on any atom is -0.480 e. The average Bonchev–Trinajstić information content (AvgIpc) is 2.50. The van der Waals surface area contributed by atoms with Crippen LogP contribution in [-0.2, 0) is 4.79 Å². The Morgan fingerprint density at radius 3 is 2.32 bits per heavy atom. The van der Waals surface area contributed by atoms with E-state index in [1.54, 1.807) is 24.3 Å². The van der Waals surface area contributed by atoms with Crippen molar-refractivity contribution < 1.29 is 19.4 Å². The van der Waals surface area contributed by atoms with E-state index in [4.69, 9.17) is 9.84 Å². The Morgan fingerprint density at radius 2 is 1.73 bits per heavy atom. The van der Waals surface area contributed by atoms with Crippen LogP contribution in [0, 0.1) is 6.92 Å². The molecule has 5 heteroatoms. The first-order valence-electron chi connectivity index (χ1n) is 6.84. The summed E-state index contributed by atoms with van der Waals surface area (Å²) in [7, 11) is 0. The molecule has 2 aromatic carbocycles. The highest BCUT2D eigenvalue weighted by Crippen LogP contribution is 2.24. The number of para-hydroxylation sites is 1. The molecule has 0 saturated heterocycles. The fraction of sp³-hybridized carbons (Fsp3) is 0.176. The van der Waals surface area contributed by atoms with E-state index in [1.807, 2.05) is 31.2 Å². The molecule has 0 fully saturated rings. The summed E-state index contributed by atoms with van der Waals surface area (Å²) in [6.45, 7) is 3.36. The molecule has 0 radical (unpaired) electrons. The van der Waals surface area contributed by atoms with E-state index >= 15 is 0 Å². The number of carbonyl (C=O) groups excluding carboxylic acids is 1. The van der Waals surface area contributed by atoms with Crippen molar-refractivity contribution in [2.75, 3.05) is 0 Å². The zero-order valence-electron chi connectivity index (χ0n) is 12.4. The van der Waals surface area contributed by atoms with E-state index in [9.17, 15) is 9.59 Å². The first-order valence-corrected chi connectivity index (χ1v) is 6.84. The average molecular weight is 299 g/mol. The molecule has 0 aromatic heterocycles. The molecule has 0 spiro atoms. The number of amides is 1. The van der Waals surface area contributed by atoms with Crippen LogP contribution in [0.3, 0.4) is 0 Å². The largest absolute Gasteiger partial charge is 0.480 e. The molecule has 2 aromatic rings. The normalized spacial score (nSPS) is 11.5. The maximum absolute atomic E-state index is 11.9. The standard InChI is InChI=1S/C17H17NO4/c1-11-5-3-4-6-15(11)22-14-9-7-13(8-10-14)16(19)18-12(2)17(20)21/h3-10,12H,1-2H3,(H,18,19)(H,20,21). The van der Waals surface area contributed by atoms with Crippen LogP contribution in [0.4, 0.5) is 0 Å². The zero-order chi connectivity index (χ0) is 16.1. The third kappa shape index (κ3) is 3.85. The summed E-state index contributed by atoms with van der Waals surface area (Å²) < 4.78 is 5.74. The van der Waals surface area contributed by atoms with Crippen molar-refractivity contribution in [1.29, 1.82) is 0 Å². The Bertz CT molecular complexity index is 679. The Labute approximate surface area is 128 Å². The van der Waals surface area contributed by atoms with Crippen LogP contribution in [0.15, 0.2) is 48.5 Å². The first-order chi connectivity index (χ1) is 10.5. The molecular formula is C17H17NO4. The predicted molar refractivity (Wildman–Crippen MR) is 82.3 cm³/mol. The van der Waals surface area contributed by atoms with Gasteiger partial charge in [0, 0.05) is 5.56 Å². The van der Waals surface area contributed by atoms with Crippen LogP contribution in [0.2, 0.25) is 0 Å². The number of benzene rings is 2. The van der Waals surface area contributed by atoms with Crippen molar-refractivity contribution in [2.45, 2.75) is 19.9 Å². The van der Waals surface area contributed by atoms with Gasteiger partial charge in [-0.3, -0.25) is 9.59 Å². The summed E-state index contributed by atoms with van der Waals surface area (Å²) >= 11 is 0. The number of hydrogen-bond acceptors (Lipinski definition) is 3. The summed E-state index contributed by atoms with van der Waals surface area (Å²) in [6, 6.07) is 13.2. The van der Waals surface area contributed by atoms with E-state index in [2.05, 4.69) is 5.32 Å². The molecular weight excluding hydrogens is 282 g/mol. The molecule has 5 nitrogen and oxygen atoms in total. The lowest BCUT2D eigenvalue weighted by atomic mass is 10.2. The molecule has 1 atom stereocenters. The summed E-state index contributed by atoms with van der Waals surface area (Å²) in [4.78, 5) is 22.6. The molecule has 114 valence electrons. The van der Waals surface area contributed by atoms with E-state index in [0.29, 0.717) is 11.3 Å². The monoisotopic (exact) mass is 299 g/mol. The summed E-state index contributed by atoms with van der Waals surface area (Å²) in [5, 5.41) is 11.2. The Hall–Kier alpha value is -2.82. The highest BCUT2D eigenvalue weighted by atomic mass is 16.5. The molecule has 0 bridgehead atoms. The number of rotatable bonds is 5. The van der Waals surface area contributed by atoms with Crippen LogP contribution in [-0.4, -0.2) is 23.0 Å². The molecule has 1 unspecified atom stereocenters. The molecule has 22 heavy (non-hydrogen) atoms. The van der Waals surface area contributed by atoms with Crippen LogP contribution < -0.4 is 10.1 Å². The molecule has 2 rings (SSSR count). The van der Waals surface area contributed by atoms with Crippen molar-refractivity contribution in [3.05, 3.63) is 59.7 Å². The van der Waals surface area contributed by atoms with Gasteiger partial charge in [0.05, 0.1) is 0 Å². The number of ether oxygens (including phenoxy) is 1. The first kappa shape index (κ1) is 15.6. The summed E-state index contributed by atoms with van der Waals surface area (Å²) in [6.07, 6.45) is 0. The third-order valence-corrected chi connectivity index (χ3v) is 3.16. The lowest BCUT2D eigenvalue weighted by Gasteiger charge is -2.11. The number of carboxylic acid groups (broad SMARTS) is 1. The quantitative estimate of drug-likeness (QED) is 0.890. The van der Waals surface area contributed by atoms with Crippen LogP contribution in [0.25, 0.3) is 0 Å². The molecule has 0 aliphatic heterocycles. The summed E-state index contributed by atoms with van der Waals surface area (Å²) in [5.74, 6) is -0.151. The van der Waals surface area contributed by atoms with Gasteiger partial charge < -0.3 is 15.2 Å². The van der Waals surface area contributed by atoms with Crippen molar-refractivity contribution >= 4 is 11.9 Å². The fourth-order valence-electron chi connectivity index (χ4n) is 1.81. The van der Waals surface area contributed by atoms with Crippen molar-refractivity contribution in [3.8, 4) is 11.5 Å². The highest BCUT2D eigenvalue weighted by molar-refractivity contribution is 5.96. The number of hydrogen-bond donors (Lipinski definition) is 2.